The van der Waals surface area contributed by atoms with E-state index in [2.05, 4.69) is 10.2 Å². The second-order valence-corrected chi connectivity index (χ2v) is 9.55. The Bertz CT molecular complexity index is 1470. The van der Waals surface area contributed by atoms with Crippen molar-refractivity contribution in [3.63, 3.8) is 0 Å². The molecule has 0 aliphatic carbocycles. The van der Waals surface area contributed by atoms with Crippen molar-refractivity contribution >= 4 is 11.7 Å². The third-order valence-electron chi connectivity index (χ3n) is 6.23. The van der Waals surface area contributed by atoms with E-state index in [0.29, 0.717) is 30.2 Å². The zero-order chi connectivity index (χ0) is 25.4. The van der Waals surface area contributed by atoms with Crippen LogP contribution in [0.1, 0.15) is 20.8 Å². The second-order valence-electron chi connectivity index (χ2n) is 9.55. The Kier molecular flexibility index (Phi) is 5.83. The van der Waals surface area contributed by atoms with Gasteiger partial charge in [0.1, 0.15) is 11.4 Å². The standard InChI is InChI=1S/C27H28N6O3/c1-27(2,3)31-17-16-30(26(31)35)20-10-11-21(24(18-20)36-4)32-15-13-23(34)25(29-32)22-12-14-28-33(22)19-8-6-5-7-9-19/h5-15,18H,16-17H2,1-4H3. The summed E-state index contributed by atoms with van der Waals surface area (Å²) in [5.41, 5.74) is 2.60. The number of anilines is 1. The first kappa shape index (κ1) is 23.3. The first-order valence-electron chi connectivity index (χ1n) is 11.8. The molecule has 0 atom stereocenters. The number of methoxy groups -OCH3 is 1. The summed E-state index contributed by atoms with van der Waals surface area (Å²) in [6.45, 7) is 7.35. The average molecular weight is 485 g/mol. The molecule has 4 aromatic rings. The van der Waals surface area contributed by atoms with Crippen molar-refractivity contribution in [1.82, 2.24) is 24.5 Å². The van der Waals surface area contributed by atoms with Crippen LogP contribution in [0.2, 0.25) is 0 Å². The number of para-hydroxylation sites is 1. The largest absolute Gasteiger partial charge is 0.494 e. The summed E-state index contributed by atoms with van der Waals surface area (Å²) in [6, 6.07) is 18.3. The second kappa shape index (κ2) is 8.99. The molecule has 2 aromatic carbocycles. The van der Waals surface area contributed by atoms with Gasteiger partial charge in [-0.1, -0.05) is 18.2 Å². The molecule has 0 N–H and O–H groups in total. The molecule has 0 saturated carbocycles. The van der Waals surface area contributed by atoms with E-state index in [4.69, 9.17) is 4.74 Å². The van der Waals surface area contributed by atoms with Gasteiger partial charge in [0.05, 0.1) is 24.7 Å². The Morgan fingerprint density at radius 3 is 2.39 bits per heavy atom. The number of ether oxygens (including phenoxy) is 1. The molecule has 184 valence electrons. The minimum absolute atomic E-state index is 0.0322. The highest BCUT2D eigenvalue weighted by Gasteiger charge is 2.36. The minimum atomic E-state index is -0.252. The Hall–Kier alpha value is -4.40. The molecule has 1 aliphatic heterocycles. The minimum Gasteiger partial charge on any atom is -0.494 e. The first-order valence-corrected chi connectivity index (χ1v) is 11.8. The van der Waals surface area contributed by atoms with E-state index < -0.39 is 0 Å². The zero-order valence-corrected chi connectivity index (χ0v) is 20.8. The Balaban J connectivity index is 1.52. The molecule has 2 aromatic heterocycles. The van der Waals surface area contributed by atoms with E-state index in [1.807, 2.05) is 74.2 Å². The highest BCUT2D eigenvalue weighted by molar-refractivity contribution is 5.95. The maximum atomic E-state index is 13.0. The summed E-state index contributed by atoms with van der Waals surface area (Å²) in [7, 11) is 1.57. The van der Waals surface area contributed by atoms with Gasteiger partial charge in [-0.15, -0.1) is 0 Å². The normalized spacial score (nSPS) is 13.9. The molecule has 3 heterocycles. The van der Waals surface area contributed by atoms with Crippen LogP contribution in [0.5, 0.6) is 5.75 Å². The molecular weight excluding hydrogens is 456 g/mol. The molecule has 0 bridgehead atoms. The topological polar surface area (TPSA) is 85.5 Å². The first-order chi connectivity index (χ1) is 17.3. The maximum Gasteiger partial charge on any atom is 0.325 e. The summed E-state index contributed by atoms with van der Waals surface area (Å²) in [5.74, 6) is 0.535. The van der Waals surface area contributed by atoms with Gasteiger partial charge in [-0.3, -0.25) is 9.69 Å². The Labute approximate surface area is 209 Å². The number of carbonyl (C=O) groups is 1. The molecule has 0 unspecified atom stereocenters. The smallest absolute Gasteiger partial charge is 0.325 e. The lowest BCUT2D eigenvalue weighted by Gasteiger charge is -2.31. The third-order valence-corrected chi connectivity index (χ3v) is 6.23. The number of aromatic nitrogens is 4. The molecule has 36 heavy (non-hydrogen) atoms. The number of hydrogen-bond acceptors (Lipinski definition) is 5. The van der Waals surface area contributed by atoms with Gasteiger partial charge in [-0.25, -0.2) is 14.2 Å². The van der Waals surface area contributed by atoms with E-state index in [1.54, 1.807) is 39.8 Å². The number of hydrogen-bond donors (Lipinski definition) is 0. The van der Waals surface area contributed by atoms with Crippen molar-refractivity contribution in [3.8, 4) is 28.5 Å². The van der Waals surface area contributed by atoms with Crippen LogP contribution in [0.4, 0.5) is 10.5 Å². The predicted molar refractivity (Wildman–Crippen MR) is 138 cm³/mol. The lowest BCUT2D eigenvalue weighted by atomic mass is 10.1. The van der Waals surface area contributed by atoms with Crippen molar-refractivity contribution in [3.05, 3.63) is 83.3 Å². The molecule has 5 rings (SSSR count). The number of rotatable bonds is 5. The molecule has 0 spiro atoms. The van der Waals surface area contributed by atoms with Crippen LogP contribution < -0.4 is 15.1 Å². The number of benzene rings is 2. The van der Waals surface area contributed by atoms with Crippen LogP contribution in [0, 0.1) is 0 Å². The third kappa shape index (κ3) is 4.13. The van der Waals surface area contributed by atoms with E-state index in [1.165, 1.54) is 6.07 Å². The Morgan fingerprint density at radius 2 is 1.69 bits per heavy atom. The number of nitrogens with zero attached hydrogens (tertiary/aromatic N) is 6. The van der Waals surface area contributed by atoms with Crippen LogP contribution in [0.15, 0.2) is 77.9 Å². The van der Waals surface area contributed by atoms with Crippen LogP contribution in [-0.2, 0) is 0 Å². The fourth-order valence-corrected chi connectivity index (χ4v) is 4.40. The number of urea groups is 1. The van der Waals surface area contributed by atoms with Gasteiger partial charge in [0, 0.05) is 42.6 Å². The summed E-state index contributed by atoms with van der Waals surface area (Å²) in [4.78, 5) is 29.4. The summed E-state index contributed by atoms with van der Waals surface area (Å²) >= 11 is 0. The monoisotopic (exact) mass is 484 g/mol. The summed E-state index contributed by atoms with van der Waals surface area (Å²) < 4.78 is 8.97. The van der Waals surface area contributed by atoms with Gasteiger partial charge in [0.25, 0.3) is 0 Å². The zero-order valence-electron chi connectivity index (χ0n) is 20.8. The molecule has 0 radical (unpaired) electrons. The highest BCUT2D eigenvalue weighted by Crippen LogP contribution is 2.32. The van der Waals surface area contributed by atoms with Crippen molar-refractivity contribution in [2.45, 2.75) is 26.3 Å². The summed E-state index contributed by atoms with van der Waals surface area (Å²) in [6.07, 6.45) is 3.25. The molecule has 1 aliphatic rings. The summed E-state index contributed by atoms with van der Waals surface area (Å²) in [5, 5.41) is 9.03. The number of carbonyl (C=O) groups excluding carboxylic acids is 1. The van der Waals surface area contributed by atoms with E-state index in [-0.39, 0.29) is 22.7 Å². The predicted octanol–water partition coefficient (Wildman–Crippen LogP) is 4.13. The highest BCUT2D eigenvalue weighted by atomic mass is 16.5. The number of amides is 2. The molecule has 1 fully saturated rings. The van der Waals surface area contributed by atoms with E-state index in [9.17, 15) is 9.59 Å². The molecule has 2 amide bonds. The molecule has 9 heteroatoms. The maximum absolute atomic E-state index is 13.0. The van der Waals surface area contributed by atoms with Gasteiger partial charge < -0.3 is 9.64 Å². The fraction of sp³-hybridized carbons (Fsp3) is 0.259. The molecular formula is C27H28N6O3. The molecule has 9 nitrogen and oxygen atoms in total. The van der Waals surface area contributed by atoms with Crippen molar-refractivity contribution in [1.29, 1.82) is 0 Å². The van der Waals surface area contributed by atoms with Gasteiger partial charge in [-0.05, 0) is 51.1 Å². The van der Waals surface area contributed by atoms with Gasteiger partial charge in [-0.2, -0.15) is 10.2 Å². The fourth-order valence-electron chi connectivity index (χ4n) is 4.40. The van der Waals surface area contributed by atoms with Gasteiger partial charge in [0.2, 0.25) is 5.43 Å². The van der Waals surface area contributed by atoms with Crippen molar-refractivity contribution in [2.75, 3.05) is 25.1 Å². The quantitative estimate of drug-likeness (QED) is 0.425. The van der Waals surface area contributed by atoms with E-state index >= 15 is 0 Å². The van der Waals surface area contributed by atoms with E-state index in [0.717, 1.165) is 11.4 Å². The van der Waals surface area contributed by atoms with Gasteiger partial charge >= 0.3 is 6.03 Å². The van der Waals surface area contributed by atoms with Crippen LogP contribution >= 0.6 is 0 Å². The van der Waals surface area contributed by atoms with Crippen LogP contribution in [-0.4, -0.2) is 56.2 Å². The SMILES string of the molecule is COc1cc(N2CCN(C(C)(C)C)C2=O)ccc1-n1ccc(=O)c(-c2ccnn2-c2ccccc2)n1. The molecule has 1 saturated heterocycles. The van der Waals surface area contributed by atoms with Gasteiger partial charge in [0.15, 0.2) is 5.69 Å². The van der Waals surface area contributed by atoms with Crippen LogP contribution in [0.25, 0.3) is 22.8 Å². The lowest BCUT2D eigenvalue weighted by molar-refractivity contribution is 0.173. The van der Waals surface area contributed by atoms with Crippen LogP contribution in [0.3, 0.4) is 0 Å². The lowest BCUT2D eigenvalue weighted by Crippen LogP contribution is -2.44. The van der Waals surface area contributed by atoms with Crippen molar-refractivity contribution in [2.24, 2.45) is 0 Å². The Morgan fingerprint density at radius 1 is 0.917 bits per heavy atom. The van der Waals surface area contributed by atoms with Crippen molar-refractivity contribution < 1.29 is 9.53 Å². The average Bonchev–Trinajstić information content (AvgIpc) is 3.51.